The Morgan fingerprint density at radius 1 is 1.12 bits per heavy atom. The molecular weight excluding hydrogens is 314 g/mol. The van der Waals surface area contributed by atoms with Crippen molar-refractivity contribution in [1.29, 1.82) is 0 Å². The molecule has 1 aromatic heterocycles. The number of aryl methyl sites for hydroxylation is 2. The van der Waals surface area contributed by atoms with Crippen molar-refractivity contribution in [1.82, 2.24) is 14.9 Å². The minimum atomic E-state index is -0.200. The molecule has 0 atom stereocenters. The molecule has 3 rings (SSSR count). The monoisotopic (exact) mass is 335 g/mol. The highest BCUT2D eigenvalue weighted by molar-refractivity contribution is 5.79. The SMILES string of the molecule is CCc1nc2ccccc2c(=O)n1CC(=O)NCc1ccc(C)cc1. The van der Waals surface area contributed by atoms with Gasteiger partial charge in [0.25, 0.3) is 5.56 Å². The van der Waals surface area contributed by atoms with E-state index in [4.69, 9.17) is 0 Å². The molecule has 0 bridgehead atoms. The van der Waals surface area contributed by atoms with Crippen LogP contribution in [0.25, 0.3) is 10.9 Å². The average Bonchev–Trinajstić information content (AvgIpc) is 2.63. The van der Waals surface area contributed by atoms with E-state index in [-0.39, 0.29) is 18.0 Å². The van der Waals surface area contributed by atoms with Crippen LogP contribution in [-0.2, 0) is 24.3 Å². The van der Waals surface area contributed by atoms with Gasteiger partial charge in [-0.2, -0.15) is 0 Å². The molecule has 5 nitrogen and oxygen atoms in total. The number of nitrogens with one attached hydrogen (secondary N) is 1. The topological polar surface area (TPSA) is 64.0 Å². The Balaban J connectivity index is 1.79. The first-order chi connectivity index (χ1) is 12.1. The molecule has 0 aliphatic rings. The van der Waals surface area contributed by atoms with Gasteiger partial charge in [-0.15, -0.1) is 0 Å². The van der Waals surface area contributed by atoms with Crippen LogP contribution >= 0.6 is 0 Å². The zero-order valence-electron chi connectivity index (χ0n) is 14.5. The lowest BCUT2D eigenvalue weighted by Crippen LogP contribution is -2.34. The highest BCUT2D eigenvalue weighted by Crippen LogP contribution is 2.08. The minimum Gasteiger partial charge on any atom is -0.350 e. The summed E-state index contributed by atoms with van der Waals surface area (Å²) < 4.78 is 1.47. The molecule has 25 heavy (non-hydrogen) atoms. The van der Waals surface area contributed by atoms with Crippen molar-refractivity contribution < 1.29 is 4.79 Å². The predicted octanol–water partition coefficient (Wildman–Crippen LogP) is 2.58. The lowest BCUT2D eigenvalue weighted by atomic mass is 10.1. The summed E-state index contributed by atoms with van der Waals surface area (Å²) in [6, 6.07) is 15.2. The highest BCUT2D eigenvalue weighted by atomic mass is 16.2. The molecule has 1 heterocycles. The van der Waals surface area contributed by atoms with Crippen LogP contribution < -0.4 is 10.9 Å². The van der Waals surface area contributed by atoms with Crippen LogP contribution in [0.2, 0.25) is 0 Å². The fraction of sp³-hybridized carbons (Fsp3) is 0.250. The molecular formula is C20H21N3O2. The normalized spacial score (nSPS) is 10.8. The molecule has 0 saturated carbocycles. The summed E-state index contributed by atoms with van der Waals surface area (Å²) in [5.74, 6) is 0.420. The standard InChI is InChI=1S/C20H21N3O2/c1-3-18-22-17-7-5-4-6-16(17)20(25)23(18)13-19(24)21-12-15-10-8-14(2)9-11-15/h4-11H,3,12-13H2,1-2H3,(H,21,24). The fourth-order valence-corrected chi connectivity index (χ4v) is 2.75. The molecule has 0 unspecified atom stereocenters. The van der Waals surface area contributed by atoms with Crippen LogP contribution in [0.1, 0.15) is 23.9 Å². The Morgan fingerprint density at radius 3 is 2.56 bits per heavy atom. The van der Waals surface area contributed by atoms with Crippen LogP contribution in [-0.4, -0.2) is 15.5 Å². The van der Waals surface area contributed by atoms with E-state index in [2.05, 4.69) is 10.3 Å². The van der Waals surface area contributed by atoms with Gasteiger partial charge in [0, 0.05) is 13.0 Å². The maximum atomic E-state index is 12.7. The van der Waals surface area contributed by atoms with Gasteiger partial charge in [0.15, 0.2) is 0 Å². The minimum absolute atomic E-state index is 0.0221. The molecule has 128 valence electrons. The molecule has 2 aromatic carbocycles. The number of amides is 1. The number of aromatic nitrogens is 2. The second-order valence-corrected chi connectivity index (χ2v) is 6.05. The van der Waals surface area contributed by atoms with Gasteiger partial charge >= 0.3 is 0 Å². The number of fused-ring (bicyclic) bond motifs is 1. The van der Waals surface area contributed by atoms with Crippen LogP contribution in [0.3, 0.4) is 0 Å². The van der Waals surface area contributed by atoms with Crippen LogP contribution in [0, 0.1) is 6.92 Å². The van der Waals surface area contributed by atoms with E-state index >= 15 is 0 Å². The van der Waals surface area contributed by atoms with Crippen LogP contribution in [0.15, 0.2) is 53.3 Å². The number of benzene rings is 2. The quantitative estimate of drug-likeness (QED) is 0.779. The van der Waals surface area contributed by atoms with Gasteiger partial charge in [-0.25, -0.2) is 4.98 Å². The average molecular weight is 335 g/mol. The molecule has 0 spiro atoms. The van der Waals surface area contributed by atoms with E-state index in [1.807, 2.05) is 50.2 Å². The zero-order valence-corrected chi connectivity index (χ0v) is 14.5. The maximum Gasteiger partial charge on any atom is 0.261 e. The lowest BCUT2D eigenvalue weighted by molar-refractivity contribution is -0.121. The number of hydrogen-bond acceptors (Lipinski definition) is 3. The number of rotatable bonds is 5. The van der Waals surface area contributed by atoms with Gasteiger partial charge in [-0.05, 0) is 24.6 Å². The maximum absolute atomic E-state index is 12.7. The number of carbonyl (C=O) groups is 1. The summed E-state index contributed by atoms with van der Waals surface area (Å²) in [5.41, 5.74) is 2.70. The summed E-state index contributed by atoms with van der Waals surface area (Å²) in [4.78, 5) is 29.5. The van der Waals surface area contributed by atoms with Gasteiger partial charge in [-0.1, -0.05) is 48.9 Å². The lowest BCUT2D eigenvalue weighted by Gasteiger charge is -2.12. The van der Waals surface area contributed by atoms with Crippen LogP contribution in [0.4, 0.5) is 0 Å². The molecule has 3 aromatic rings. The van der Waals surface area contributed by atoms with Crippen molar-refractivity contribution in [2.45, 2.75) is 33.4 Å². The Morgan fingerprint density at radius 2 is 1.84 bits per heavy atom. The van der Waals surface area contributed by atoms with E-state index in [0.29, 0.717) is 29.7 Å². The first kappa shape index (κ1) is 16.9. The molecule has 0 aliphatic heterocycles. The van der Waals surface area contributed by atoms with E-state index in [9.17, 15) is 9.59 Å². The highest BCUT2D eigenvalue weighted by Gasteiger charge is 2.12. The number of carbonyl (C=O) groups excluding carboxylic acids is 1. The largest absolute Gasteiger partial charge is 0.350 e. The molecule has 1 N–H and O–H groups in total. The molecule has 1 amide bonds. The molecule has 5 heteroatoms. The van der Waals surface area contributed by atoms with Crippen molar-refractivity contribution in [2.75, 3.05) is 0 Å². The fourth-order valence-electron chi connectivity index (χ4n) is 2.75. The molecule has 0 aliphatic carbocycles. The Hall–Kier alpha value is -2.95. The number of para-hydroxylation sites is 1. The van der Waals surface area contributed by atoms with Gasteiger partial charge in [-0.3, -0.25) is 14.2 Å². The third-order valence-electron chi connectivity index (χ3n) is 4.17. The predicted molar refractivity (Wildman–Crippen MR) is 98.4 cm³/mol. The van der Waals surface area contributed by atoms with Crippen molar-refractivity contribution in [3.63, 3.8) is 0 Å². The Kier molecular flexibility index (Phi) is 4.93. The van der Waals surface area contributed by atoms with Crippen molar-refractivity contribution in [2.24, 2.45) is 0 Å². The first-order valence-corrected chi connectivity index (χ1v) is 8.39. The molecule has 0 saturated heterocycles. The summed E-state index contributed by atoms with van der Waals surface area (Å²) in [5, 5.41) is 3.40. The number of hydrogen-bond donors (Lipinski definition) is 1. The summed E-state index contributed by atoms with van der Waals surface area (Å²) >= 11 is 0. The summed E-state index contributed by atoms with van der Waals surface area (Å²) in [6.45, 7) is 4.37. The van der Waals surface area contributed by atoms with Gasteiger partial charge in [0.2, 0.25) is 5.91 Å². The second-order valence-electron chi connectivity index (χ2n) is 6.05. The third kappa shape index (κ3) is 3.76. The molecule has 0 fully saturated rings. The van der Waals surface area contributed by atoms with E-state index < -0.39 is 0 Å². The van der Waals surface area contributed by atoms with Crippen molar-refractivity contribution in [3.8, 4) is 0 Å². The van der Waals surface area contributed by atoms with Crippen LogP contribution in [0.5, 0.6) is 0 Å². The van der Waals surface area contributed by atoms with E-state index in [0.717, 1.165) is 5.56 Å². The summed E-state index contributed by atoms with van der Waals surface area (Å²) in [6.07, 6.45) is 0.589. The Bertz CT molecular complexity index is 959. The van der Waals surface area contributed by atoms with E-state index in [1.165, 1.54) is 10.1 Å². The van der Waals surface area contributed by atoms with E-state index in [1.54, 1.807) is 12.1 Å². The smallest absolute Gasteiger partial charge is 0.261 e. The number of nitrogens with zero attached hydrogens (tertiary/aromatic N) is 2. The zero-order chi connectivity index (χ0) is 17.8. The first-order valence-electron chi connectivity index (χ1n) is 8.39. The van der Waals surface area contributed by atoms with Crippen molar-refractivity contribution in [3.05, 3.63) is 75.8 Å². The summed E-state index contributed by atoms with van der Waals surface area (Å²) in [7, 11) is 0. The third-order valence-corrected chi connectivity index (χ3v) is 4.17. The van der Waals surface area contributed by atoms with Crippen molar-refractivity contribution >= 4 is 16.8 Å². The Labute approximate surface area is 146 Å². The molecule has 0 radical (unpaired) electrons. The van der Waals surface area contributed by atoms with Gasteiger partial charge < -0.3 is 5.32 Å². The second kappa shape index (κ2) is 7.30. The van der Waals surface area contributed by atoms with Gasteiger partial charge in [0.1, 0.15) is 12.4 Å². The van der Waals surface area contributed by atoms with Gasteiger partial charge in [0.05, 0.1) is 10.9 Å².